The Labute approximate surface area is 122 Å². The third-order valence-corrected chi connectivity index (χ3v) is 4.79. The Kier molecular flexibility index (Phi) is 4.97. The van der Waals surface area contributed by atoms with Gasteiger partial charge in [-0.1, -0.05) is 20.8 Å². The quantitative estimate of drug-likeness (QED) is 0.918. The first kappa shape index (κ1) is 15.2. The summed E-state index contributed by atoms with van der Waals surface area (Å²) in [5.74, 6) is 1.73. The van der Waals surface area contributed by atoms with E-state index in [1.807, 2.05) is 0 Å². The number of rotatable bonds is 4. The third kappa shape index (κ3) is 2.66. The predicted molar refractivity (Wildman–Crippen MR) is 83.9 cm³/mol. The van der Waals surface area contributed by atoms with Crippen LogP contribution in [-0.4, -0.2) is 22.8 Å². The summed E-state index contributed by atoms with van der Waals surface area (Å²) in [6, 6.07) is 0.514. The van der Waals surface area contributed by atoms with Crippen molar-refractivity contribution in [3.05, 3.63) is 16.8 Å². The van der Waals surface area contributed by atoms with Crippen molar-refractivity contribution in [2.45, 2.75) is 66.0 Å². The zero-order valence-electron chi connectivity index (χ0n) is 13.3. The Morgan fingerprint density at radius 2 is 1.90 bits per heavy atom. The lowest BCUT2D eigenvalue weighted by Gasteiger charge is -2.39. The van der Waals surface area contributed by atoms with Crippen molar-refractivity contribution in [2.24, 2.45) is 11.7 Å². The number of anilines is 1. The lowest BCUT2D eigenvalue weighted by Crippen LogP contribution is -2.44. The molecule has 2 N–H and O–H groups in total. The summed E-state index contributed by atoms with van der Waals surface area (Å²) >= 11 is 0. The molecule has 1 aromatic heterocycles. The maximum absolute atomic E-state index is 6.04. The van der Waals surface area contributed by atoms with Crippen LogP contribution in [0.15, 0.2) is 0 Å². The molecule has 0 bridgehead atoms. The highest BCUT2D eigenvalue weighted by Crippen LogP contribution is 2.31. The first-order valence-corrected chi connectivity index (χ1v) is 7.97. The number of aromatic nitrogens is 2. The van der Waals surface area contributed by atoms with Crippen LogP contribution in [0, 0.1) is 5.92 Å². The minimum atomic E-state index is 0.514. The second-order valence-corrected chi connectivity index (χ2v) is 5.89. The van der Waals surface area contributed by atoms with Gasteiger partial charge in [0.05, 0.1) is 5.69 Å². The topological polar surface area (TPSA) is 55.0 Å². The molecule has 1 aliphatic rings. The number of hydrogen-bond donors (Lipinski definition) is 1. The summed E-state index contributed by atoms with van der Waals surface area (Å²) < 4.78 is 0. The summed E-state index contributed by atoms with van der Waals surface area (Å²) in [6.07, 6.45) is 4.44. The van der Waals surface area contributed by atoms with Gasteiger partial charge in [-0.2, -0.15) is 5.10 Å². The predicted octanol–water partition coefficient (Wildman–Crippen LogP) is 2.68. The second-order valence-electron chi connectivity index (χ2n) is 5.89. The van der Waals surface area contributed by atoms with E-state index in [1.54, 1.807) is 0 Å². The number of aryl methyl sites for hydroxylation is 1. The number of piperidine rings is 1. The van der Waals surface area contributed by atoms with E-state index in [4.69, 9.17) is 5.73 Å². The maximum Gasteiger partial charge on any atom is 0.156 e. The molecule has 0 aromatic carbocycles. The fourth-order valence-corrected chi connectivity index (χ4v) is 3.32. The van der Waals surface area contributed by atoms with Crippen LogP contribution in [0.1, 0.15) is 57.4 Å². The molecule has 1 aliphatic heterocycles. The Balaban J connectivity index is 2.45. The minimum absolute atomic E-state index is 0.514. The Morgan fingerprint density at radius 3 is 2.50 bits per heavy atom. The fraction of sp³-hybridized carbons (Fsp3) is 0.750. The van der Waals surface area contributed by atoms with Gasteiger partial charge in [-0.15, -0.1) is 5.10 Å². The molecule has 2 atom stereocenters. The van der Waals surface area contributed by atoms with Gasteiger partial charge in [0.1, 0.15) is 0 Å². The fourth-order valence-electron chi connectivity index (χ4n) is 3.32. The maximum atomic E-state index is 6.04. The molecule has 0 amide bonds. The largest absolute Gasteiger partial charge is 0.352 e. The number of nitrogens with zero attached hydrogens (tertiary/aromatic N) is 3. The molecule has 0 saturated carbocycles. The molecule has 4 heteroatoms. The highest BCUT2D eigenvalue weighted by molar-refractivity contribution is 5.52. The van der Waals surface area contributed by atoms with E-state index in [-0.39, 0.29) is 0 Å². The van der Waals surface area contributed by atoms with Crippen LogP contribution in [0.2, 0.25) is 0 Å². The van der Waals surface area contributed by atoms with Gasteiger partial charge in [0, 0.05) is 24.7 Å². The molecule has 1 aromatic rings. The molecular formula is C16H28N4. The van der Waals surface area contributed by atoms with Gasteiger partial charge in [0.25, 0.3) is 0 Å². The first-order valence-electron chi connectivity index (χ1n) is 7.97. The van der Waals surface area contributed by atoms with Gasteiger partial charge in [0.15, 0.2) is 5.82 Å². The van der Waals surface area contributed by atoms with Gasteiger partial charge in [-0.05, 0) is 44.1 Å². The highest BCUT2D eigenvalue weighted by atomic mass is 15.3. The van der Waals surface area contributed by atoms with Gasteiger partial charge in [-0.25, -0.2) is 0 Å². The van der Waals surface area contributed by atoms with Crippen molar-refractivity contribution in [1.82, 2.24) is 10.2 Å². The lowest BCUT2D eigenvalue weighted by atomic mass is 9.91. The van der Waals surface area contributed by atoms with Gasteiger partial charge < -0.3 is 10.6 Å². The number of hydrogen-bond acceptors (Lipinski definition) is 4. The summed E-state index contributed by atoms with van der Waals surface area (Å²) in [7, 11) is 0. The van der Waals surface area contributed by atoms with E-state index in [0.29, 0.717) is 18.5 Å². The van der Waals surface area contributed by atoms with E-state index < -0.39 is 0 Å². The average Bonchev–Trinajstić information content (AvgIpc) is 2.48. The Morgan fingerprint density at radius 1 is 1.15 bits per heavy atom. The van der Waals surface area contributed by atoms with Crippen molar-refractivity contribution >= 4 is 5.82 Å². The van der Waals surface area contributed by atoms with Crippen molar-refractivity contribution in [3.63, 3.8) is 0 Å². The van der Waals surface area contributed by atoms with Gasteiger partial charge in [0.2, 0.25) is 0 Å². The lowest BCUT2D eigenvalue weighted by molar-refractivity contribution is 0.360. The van der Waals surface area contributed by atoms with E-state index in [2.05, 4.69) is 42.8 Å². The molecule has 1 fully saturated rings. The Bertz CT molecular complexity index is 458. The molecule has 2 unspecified atom stereocenters. The van der Waals surface area contributed by atoms with Crippen molar-refractivity contribution < 1.29 is 0 Å². The van der Waals surface area contributed by atoms with Crippen LogP contribution in [-0.2, 0) is 19.4 Å². The molecule has 2 rings (SSSR count). The molecule has 0 radical (unpaired) electrons. The summed E-state index contributed by atoms with van der Waals surface area (Å²) in [5, 5.41) is 9.00. The van der Waals surface area contributed by atoms with Crippen LogP contribution in [0.3, 0.4) is 0 Å². The van der Waals surface area contributed by atoms with E-state index in [9.17, 15) is 0 Å². The smallest absolute Gasteiger partial charge is 0.156 e. The Hall–Kier alpha value is -1.16. The zero-order chi connectivity index (χ0) is 14.7. The second kappa shape index (κ2) is 6.53. The summed E-state index contributed by atoms with van der Waals surface area (Å²) in [5.41, 5.74) is 9.67. The minimum Gasteiger partial charge on any atom is -0.352 e. The number of nitrogens with two attached hydrogens (primary N) is 1. The first-order chi connectivity index (χ1) is 9.63. The SMILES string of the molecule is CCc1nnc(N2CCCC(C)C2C)c(CN)c1CC. The molecule has 112 valence electrons. The normalized spacial score (nSPS) is 23.1. The van der Waals surface area contributed by atoms with Gasteiger partial charge >= 0.3 is 0 Å². The van der Waals surface area contributed by atoms with Crippen LogP contribution in [0.4, 0.5) is 5.82 Å². The van der Waals surface area contributed by atoms with Gasteiger partial charge in [-0.3, -0.25) is 0 Å². The van der Waals surface area contributed by atoms with E-state index in [1.165, 1.54) is 24.0 Å². The molecular weight excluding hydrogens is 248 g/mol. The summed E-state index contributed by atoms with van der Waals surface area (Å²) in [6.45, 7) is 10.6. The van der Waals surface area contributed by atoms with Crippen LogP contribution in [0.25, 0.3) is 0 Å². The van der Waals surface area contributed by atoms with E-state index >= 15 is 0 Å². The summed E-state index contributed by atoms with van der Waals surface area (Å²) in [4.78, 5) is 2.42. The molecule has 0 aliphatic carbocycles. The standard InChI is InChI=1S/C16H28N4/c1-5-13-14(10-17)16(19-18-15(13)6-2)20-9-7-8-11(3)12(20)4/h11-12H,5-10,17H2,1-4H3. The molecule has 20 heavy (non-hydrogen) atoms. The van der Waals surface area contributed by atoms with Crippen LogP contribution in [0.5, 0.6) is 0 Å². The molecule has 4 nitrogen and oxygen atoms in total. The third-order valence-electron chi connectivity index (χ3n) is 4.79. The van der Waals surface area contributed by atoms with Crippen molar-refractivity contribution in [2.75, 3.05) is 11.4 Å². The van der Waals surface area contributed by atoms with E-state index in [0.717, 1.165) is 30.9 Å². The van der Waals surface area contributed by atoms with Crippen molar-refractivity contribution in [1.29, 1.82) is 0 Å². The molecule has 1 saturated heterocycles. The average molecular weight is 276 g/mol. The highest BCUT2D eigenvalue weighted by Gasteiger charge is 2.28. The molecule has 0 spiro atoms. The zero-order valence-corrected chi connectivity index (χ0v) is 13.3. The van der Waals surface area contributed by atoms with Crippen LogP contribution >= 0.6 is 0 Å². The van der Waals surface area contributed by atoms with Crippen molar-refractivity contribution in [3.8, 4) is 0 Å². The molecule has 2 heterocycles. The van der Waals surface area contributed by atoms with Crippen LogP contribution < -0.4 is 10.6 Å². The monoisotopic (exact) mass is 276 g/mol.